The largest absolute Gasteiger partial charge is 0.476 e. The predicted molar refractivity (Wildman–Crippen MR) is 105 cm³/mol. The van der Waals surface area contributed by atoms with E-state index in [1.165, 1.54) is 16.9 Å². The molecule has 1 amide bonds. The summed E-state index contributed by atoms with van der Waals surface area (Å²) in [6.45, 7) is 2.64. The van der Waals surface area contributed by atoms with Crippen molar-refractivity contribution in [3.63, 3.8) is 0 Å². The van der Waals surface area contributed by atoms with Crippen LogP contribution in [0.2, 0.25) is 10.0 Å². The Hall–Kier alpha value is -2.84. The van der Waals surface area contributed by atoms with E-state index in [4.69, 9.17) is 28.3 Å². The number of aromatic carboxylic acids is 1. The van der Waals surface area contributed by atoms with Gasteiger partial charge in [0.05, 0.1) is 16.6 Å². The first-order valence-corrected chi connectivity index (χ1v) is 9.12. The van der Waals surface area contributed by atoms with Crippen LogP contribution in [0.25, 0.3) is 0 Å². The molecule has 3 rings (SSSR count). The molecule has 2 heterocycles. The number of nitrogens with zero attached hydrogens (tertiary/aromatic N) is 4. The van der Waals surface area contributed by atoms with Crippen LogP contribution in [0.4, 0.5) is 5.82 Å². The zero-order valence-electron chi connectivity index (χ0n) is 14.9. The van der Waals surface area contributed by atoms with Crippen LogP contribution in [0.1, 0.15) is 28.2 Å². The summed E-state index contributed by atoms with van der Waals surface area (Å²) in [5, 5.41) is 20.8. The lowest BCUT2D eigenvalue weighted by Crippen LogP contribution is -2.15. The summed E-state index contributed by atoms with van der Waals surface area (Å²) in [6, 6.07) is 8.52. The third-order valence-electron chi connectivity index (χ3n) is 3.99. The molecule has 146 valence electrons. The first kappa shape index (κ1) is 19.9. The highest BCUT2D eigenvalue weighted by atomic mass is 35.5. The smallest absolute Gasteiger partial charge is 0.356 e. The third kappa shape index (κ3) is 4.90. The minimum Gasteiger partial charge on any atom is -0.476 e. The number of rotatable bonds is 7. The van der Waals surface area contributed by atoms with Gasteiger partial charge in [-0.05, 0) is 30.7 Å². The molecule has 10 heteroatoms. The lowest BCUT2D eigenvalue weighted by atomic mass is 10.2. The summed E-state index contributed by atoms with van der Waals surface area (Å²) >= 11 is 12.0. The van der Waals surface area contributed by atoms with E-state index in [1.807, 2.05) is 13.0 Å². The van der Waals surface area contributed by atoms with E-state index in [0.29, 0.717) is 22.4 Å². The van der Waals surface area contributed by atoms with Crippen LogP contribution in [0, 0.1) is 6.92 Å². The van der Waals surface area contributed by atoms with Gasteiger partial charge < -0.3 is 10.4 Å². The highest BCUT2D eigenvalue weighted by molar-refractivity contribution is 6.42. The number of nitrogens with one attached hydrogen (secondary N) is 1. The van der Waals surface area contributed by atoms with Crippen molar-refractivity contribution in [3.8, 4) is 0 Å². The van der Waals surface area contributed by atoms with Gasteiger partial charge in [-0.3, -0.25) is 14.2 Å². The number of anilines is 1. The SMILES string of the molecule is Cc1cc(NC(=O)CCn2ccc(C(=O)O)n2)nn1Cc1ccc(Cl)c(Cl)c1. The van der Waals surface area contributed by atoms with E-state index >= 15 is 0 Å². The zero-order valence-corrected chi connectivity index (χ0v) is 16.4. The summed E-state index contributed by atoms with van der Waals surface area (Å²) in [4.78, 5) is 23.0. The maximum Gasteiger partial charge on any atom is 0.356 e. The molecule has 2 aromatic heterocycles. The molecule has 28 heavy (non-hydrogen) atoms. The van der Waals surface area contributed by atoms with Crippen LogP contribution in [-0.2, 0) is 17.9 Å². The van der Waals surface area contributed by atoms with Crippen molar-refractivity contribution in [2.45, 2.75) is 26.4 Å². The Labute approximate surface area is 170 Å². The van der Waals surface area contributed by atoms with Gasteiger partial charge in [0.15, 0.2) is 11.5 Å². The molecular weight excluding hydrogens is 405 g/mol. The second-order valence-electron chi connectivity index (χ2n) is 6.14. The average molecular weight is 422 g/mol. The molecular formula is C18H17Cl2N5O3. The summed E-state index contributed by atoms with van der Waals surface area (Å²) in [5.41, 5.74) is 1.75. The predicted octanol–water partition coefficient (Wildman–Crippen LogP) is 3.47. The highest BCUT2D eigenvalue weighted by Crippen LogP contribution is 2.23. The fraction of sp³-hybridized carbons (Fsp3) is 0.222. The minimum absolute atomic E-state index is 0.0583. The Morgan fingerprint density at radius 3 is 2.61 bits per heavy atom. The molecule has 3 aromatic rings. The number of benzene rings is 1. The summed E-state index contributed by atoms with van der Waals surface area (Å²) in [5.74, 6) is -0.910. The maximum absolute atomic E-state index is 12.1. The molecule has 0 saturated carbocycles. The standard InChI is InChI=1S/C18H17Cl2N5O3/c1-11-8-16(23-25(11)10-12-2-3-13(19)14(20)9-12)21-17(26)5-7-24-6-4-15(22-24)18(27)28/h2-4,6,8-9H,5,7,10H2,1H3,(H,27,28)(H,21,23,26). The summed E-state index contributed by atoms with van der Waals surface area (Å²) < 4.78 is 3.17. The second kappa shape index (κ2) is 8.45. The van der Waals surface area contributed by atoms with Crippen molar-refractivity contribution in [1.82, 2.24) is 19.6 Å². The van der Waals surface area contributed by atoms with Crippen LogP contribution in [-0.4, -0.2) is 36.5 Å². The summed E-state index contributed by atoms with van der Waals surface area (Å²) in [7, 11) is 0. The molecule has 0 spiro atoms. The van der Waals surface area contributed by atoms with Crippen molar-refractivity contribution >= 4 is 40.9 Å². The fourth-order valence-corrected chi connectivity index (χ4v) is 2.88. The van der Waals surface area contributed by atoms with Gasteiger partial charge in [0.25, 0.3) is 0 Å². The Morgan fingerprint density at radius 2 is 1.93 bits per heavy atom. The van der Waals surface area contributed by atoms with Crippen LogP contribution < -0.4 is 5.32 Å². The molecule has 0 fully saturated rings. The normalized spacial score (nSPS) is 10.8. The molecule has 0 atom stereocenters. The number of carbonyl (C=O) groups is 2. The van der Waals surface area contributed by atoms with Crippen LogP contribution in [0.15, 0.2) is 36.5 Å². The first-order valence-electron chi connectivity index (χ1n) is 8.37. The van der Waals surface area contributed by atoms with Crippen molar-refractivity contribution in [2.75, 3.05) is 5.32 Å². The van der Waals surface area contributed by atoms with E-state index in [9.17, 15) is 9.59 Å². The number of carbonyl (C=O) groups excluding carboxylic acids is 1. The lowest BCUT2D eigenvalue weighted by Gasteiger charge is -2.06. The van der Waals surface area contributed by atoms with E-state index in [-0.39, 0.29) is 24.6 Å². The number of carboxylic acid groups (broad SMARTS) is 1. The van der Waals surface area contributed by atoms with Gasteiger partial charge in [-0.2, -0.15) is 10.2 Å². The van der Waals surface area contributed by atoms with Crippen molar-refractivity contribution < 1.29 is 14.7 Å². The summed E-state index contributed by atoms with van der Waals surface area (Å²) in [6.07, 6.45) is 1.66. The van der Waals surface area contributed by atoms with E-state index in [0.717, 1.165) is 11.3 Å². The Balaban J connectivity index is 1.58. The monoisotopic (exact) mass is 421 g/mol. The number of aromatic nitrogens is 4. The topological polar surface area (TPSA) is 102 Å². The Morgan fingerprint density at radius 1 is 1.14 bits per heavy atom. The second-order valence-corrected chi connectivity index (χ2v) is 6.96. The van der Waals surface area contributed by atoms with Gasteiger partial charge in [0.2, 0.25) is 5.91 Å². The van der Waals surface area contributed by atoms with Crippen molar-refractivity contribution in [2.24, 2.45) is 0 Å². The van der Waals surface area contributed by atoms with E-state index in [2.05, 4.69) is 15.5 Å². The van der Waals surface area contributed by atoms with Crippen molar-refractivity contribution in [3.05, 3.63) is 63.5 Å². The molecule has 0 unspecified atom stereocenters. The first-order chi connectivity index (χ1) is 13.3. The Kier molecular flexibility index (Phi) is 6.01. The quantitative estimate of drug-likeness (QED) is 0.607. The number of amides is 1. The minimum atomic E-state index is -1.11. The van der Waals surface area contributed by atoms with Gasteiger partial charge in [-0.25, -0.2) is 4.79 Å². The maximum atomic E-state index is 12.1. The van der Waals surface area contributed by atoms with E-state index in [1.54, 1.807) is 22.9 Å². The van der Waals surface area contributed by atoms with Crippen LogP contribution in [0.3, 0.4) is 0 Å². The number of hydrogen-bond acceptors (Lipinski definition) is 4. The van der Waals surface area contributed by atoms with Crippen molar-refractivity contribution in [1.29, 1.82) is 0 Å². The fourth-order valence-electron chi connectivity index (χ4n) is 2.56. The van der Waals surface area contributed by atoms with Gasteiger partial charge in [0, 0.05) is 30.9 Å². The molecule has 0 saturated heterocycles. The molecule has 0 aliphatic heterocycles. The van der Waals surface area contributed by atoms with Gasteiger partial charge >= 0.3 is 5.97 Å². The molecule has 0 bridgehead atoms. The van der Waals surface area contributed by atoms with Crippen LogP contribution in [0.5, 0.6) is 0 Å². The lowest BCUT2D eigenvalue weighted by molar-refractivity contribution is -0.116. The number of carboxylic acids is 1. The Bertz CT molecular complexity index is 1030. The molecule has 0 aliphatic carbocycles. The van der Waals surface area contributed by atoms with Gasteiger partial charge in [0.1, 0.15) is 0 Å². The third-order valence-corrected chi connectivity index (χ3v) is 4.73. The average Bonchev–Trinajstić information content (AvgIpc) is 3.24. The zero-order chi connectivity index (χ0) is 20.3. The molecule has 0 aliphatic rings. The molecule has 8 nitrogen and oxygen atoms in total. The molecule has 1 aromatic carbocycles. The number of halogens is 2. The molecule has 0 radical (unpaired) electrons. The highest BCUT2D eigenvalue weighted by Gasteiger charge is 2.11. The van der Waals surface area contributed by atoms with Gasteiger partial charge in [-0.1, -0.05) is 29.3 Å². The van der Waals surface area contributed by atoms with Gasteiger partial charge in [-0.15, -0.1) is 0 Å². The van der Waals surface area contributed by atoms with Crippen LogP contribution >= 0.6 is 23.2 Å². The number of hydrogen-bond donors (Lipinski definition) is 2. The molecule has 2 N–H and O–H groups in total. The number of aryl methyl sites for hydroxylation is 2. The van der Waals surface area contributed by atoms with E-state index < -0.39 is 5.97 Å².